The molecule has 21 heavy (non-hydrogen) atoms. The van der Waals surface area contributed by atoms with Gasteiger partial charge in [-0.2, -0.15) is 5.10 Å². The third kappa shape index (κ3) is 2.43. The number of nitrogens with two attached hydrogens (primary N) is 1. The first-order valence-electron chi connectivity index (χ1n) is 7.00. The minimum absolute atomic E-state index is 0.311. The van der Waals surface area contributed by atoms with E-state index >= 15 is 0 Å². The number of hydrogen-bond donors (Lipinski definition) is 1. The maximum atomic E-state index is 6.39. The Bertz CT molecular complexity index is 774. The Balaban J connectivity index is 2.17. The Morgan fingerprint density at radius 1 is 1.38 bits per heavy atom. The number of para-hydroxylation sites is 1. The largest absolute Gasteiger partial charge is 0.325 e. The van der Waals surface area contributed by atoms with E-state index in [1.807, 2.05) is 31.4 Å². The van der Waals surface area contributed by atoms with Crippen molar-refractivity contribution in [3.8, 4) is 0 Å². The molecule has 110 valence electrons. The Labute approximate surface area is 128 Å². The second-order valence-electron chi connectivity index (χ2n) is 5.15. The molecule has 0 amide bonds. The number of benzene rings is 1. The van der Waals surface area contributed by atoms with Gasteiger partial charge in [-0.1, -0.05) is 24.6 Å². The zero-order chi connectivity index (χ0) is 15.0. The van der Waals surface area contributed by atoms with Crippen molar-refractivity contribution in [2.24, 2.45) is 12.8 Å². The average molecular weight is 304 g/mol. The molecule has 5 nitrogen and oxygen atoms in total. The predicted octanol–water partition coefficient (Wildman–Crippen LogP) is 2.88. The maximum Gasteiger partial charge on any atom is 0.131 e. The zero-order valence-electron chi connectivity index (χ0n) is 12.1. The van der Waals surface area contributed by atoms with E-state index in [1.54, 1.807) is 10.9 Å². The highest BCUT2D eigenvalue weighted by Gasteiger charge is 2.20. The molecule has 0 aliphatic carbocycles. The van der Waals surface area contributed by atoms with E-state index in [9.17, 15) is 0 Å². The molecule has 0 saturated carbocycles. The summed E-state index contributed by atoms with van der Waals surface area (Å²) in [4.78, 5) is 4.69. The van der Waals surface area contributed by atoms with Gasteiger partial charge in [0.2, 0.25) is 0 Å². The first-order valence-corrected chi connectivity index (χ1v) is 7.38. The van der Waals surface area contributed by atoms with Gasteiger partial charge in [0, 0.05) is 25.4 Å². The molecule has 0 fully saturated rings. The number of aryl methyl sites for hydroxylation is 2. The summed E-state index contributed by atoms with van der Waals surface area (Å²) < 4.78 is 3.87. The number of halogens is 1. The van der Waals surface area contributed by atoms with Crippen LogP contribution in [-0.4, -0.2) is 19.3 Å². The quantitative estimate of drug-likeness (QED) is 0.806. The molecule has 3 rings (SSSR count). The van der Waals surface area contributed by atoms with E-state index in [-0.39, 0.29) is 6.04 Å². The number of nitrogens with zero attached hydrogens (tertiary/aromatic N) is 4. The van der Waals surface area contributed by atoms with Gasteiger partial charge in [0.25, 0.3) is 0 Å². The molecular weight excluding hydrogens is 286 g/mol. The summed E-state index contributed by atoms with van der Waals surface area (Å²) >= 11 is 6.35. The van der Waals surface area contributed by atoms with Crippen LogP contribution in [0.1, 0.15) is 30.8 Å². The van der Waals surface area contributed by atoms with Crippen LogP contribution >= 0.6 is 11.6 Å². The van der Waals surface area contributed by atoms with Gasteiger partial charge in [0.05, 0.1) is 28.3 Å². The lowest BCUT2D eigenvalue weighted by atomic mass is 10.1. The highest BCUT2D eigenvalue weighted by Crippen LogP contribution is 2.28. The fourth-order valence-corrected chi connectivity index (χ4v) is 2.87. The van der Waals surface area contributed by atoms with Crippen LogP contribution in [0.4, 0.5) is 0 Å². The van der Waals surface area contributed by atoms with Crippen LogP contribution in [0.5, 0.6) is 0 Å². The van der Waals surface area contributed by atoms with Crippen LogP contribution in [0, 0.1) is 0 Å². The van der Waals surface area contributed by atoms with Crippen LogP contribution in [0.3, 0.4) is 0 Å². The molecule has 1 unspecified atom stereocenters. The van der Waals surface area contributed by atoms with Gasteiger partial charge in [0.1, 0.15) is 5.82 Å². The van der Waals surface area contributed by atoms with E-state index in [1.165, 1.54) is 0 Å². The second-order valence-corrected chi connectivity index (χ2v) is 5.56. The van der Waals surface area contributed by atoms with Crippen LogP contribution in [0.25, 0.3) is 11.0 Å². The molecule has 6 heteroatoms. The number of fused-ring (bicyclic) bond motifs is 1. The summed E-state index contributed by atoms with van der Waals surface area (Å²) in [6.45, 7) is 2.96. The van der Waals surface area contributed by atoms with E-state index in [0.717, 1.165) is 35.4 Å². The first-order chi connectivity index (χ1) is 10.1. The van der Waals surface area contributed by atoms with Gasteiger partial charge >= 0.3 is 0 Å². The second kappa shape index (κ2) is 5.50. The van der Waals surface area contributed by atoms with Gasteiger partial charge in [-0.15, -0.1) is 0 Å². The van der Waals surface area contributed by atoms with Crippen LogP contribution < -0.4 is 5.73 Å². The SMILES string of the molecule is CCCn1c(C(N)c2cnn(C)c2)nc2cccc(Cl)c21. The van der Waals surface area contributed by atoms with Crippen molar-refractivity contribution >= 4 is 22.6 Å². The normalized spacial score (nSPS) is 13.0. The van der Waals surface area contributed by atoms with Crippen molar-refractivity contribution < 1.29 is 0 Å². The Morgan fingerprint density at radius 2 is 2.19 bits per heavy atom. The number of aromatic nitrogens is 4. The molecular formula is C15H18ClN5. The number of hydrogen-bond acceptors (Lipinski definition) is 3. The summed E-state index contributed by atoms with van der Waals surface area (Å²) in [6.07, 6.45) is 4.69. The minimum atomic E-state index is -0.311. The Kier molecular flexibility index (Phi) is 3.69. The molecule has 0 spiro atoms. The molecule has 1 atom stereocenters. The highest BCUT2D eigenvalue weighted by atomic mass is 35.5. The molecule has 2 N–H and O–H groups in total. The monoisotopic (exact) mass is 303 g/mol. The standard InChI is InChI=1S/C15H18ClN5/c1-3-7-21-14-11(16)5-4-6-12(14)19-15(21)13(17)10-8-18-20(2)9-10/h4-6,8-9,13H,3,7,17H2,1-2H3. The van der Waals surface area contributed by atoms with Gasteiger partial charge in [-0.05, 0) is 18.6 Å². The number of imidazole rings is 1. The molecule has 1 aromatic carbocycles. The molecule has 2 aromatic heterocycles. The lowest BCUT2D eigenvalue weighted by Crippen LogP contribution is -2.17. The first kappa shape index (κ1) is 14.1. The maximum absolute atomic E-state index is 6.39. The molecule has 0 aliphatic rings. The van der Waals surface area contributed by atoms with Gasteiger partial charge < -0.3 is 10.3 Å². The predicted molar refractivity (Wildman–Crippen MR) is 84.3 cm³/mol. The zero-order valence-corrected chi connectivity index (χ0v) is 12.9. The fraction of sp³-hybridized carbons (Fsp3) is 0.333. The number of rotatable bonds is 4. The highest BCUT2D eigenvalue weighted by molar-refractivity contribution is 6.35. The van der Waals surface area contributed by atoms with Crippen LogP contribution in [-0.2, 0) is 13.6 Å². The third-order valence-corrected chi connectivity index (χ3v) is 3.86. The molecule has 3 aromatic rings. The van der Waals surface area contributed by atoms with Gasteiger partial charge in [0.15, 0.2) is 0 Å². The van der Waals surface area contributed by atoms with E-state index in [4.69, 9.17) is 22.3 Å². The van der Waals surface area contributed by atoms with Crippen molar-refractivity contribution in [3.05, 3.63) is 47.0 Å². The summed E-state index contributed by atoms with van der Waals surface area (Å²) in [7, 11) is 1.88. The summed E-state index contributed by atoms with van der Waals surface area (Å²) in [5.74, 6) is 0.827. The van der Waals surface area contributed by atoms with Crippen molar-refractivity contribution in [1.29, 1.82) is 0 Å². The molecule has 0 saturated heterocycles. The van der Waals surface area contributed by atoms with E-state index in [2.05, 4.69) is 16.6 Å². The summed E-state index contributed by atoms with van der Waals surface area (Å²) in [6, 6.07) is 5.45. The lowest BCUT2D eigenvalue weighted by Gasteiger charge is -2.13. The van der Waals surface area contributed by atoms with E-state index in [0.29, 0.717) is 5.02 Å². The topological polar surface area (TPSA) is 61.7 Å². The minimum Gasteiger partial charge on any atom is -0.325 e. The summed E-state index contributed by atoms with van der Waals surface area (Å²) in [5.41, 5.74) is 9.17. The van der Waals surface area contributed by atoms with Crippen molar-refractivity contribution in [3.63, 3.8) is 0 Å². The van der Waals surface area contributed by atoms with Crippen LogP contribution in [0.15, 0.2) is 30.6 Å². The van der Waals surface area contributed by atoms with E-state index < -0.39 is 0 Å². The van der Waals surface area contributed by atoms with Crippen molar-refractivity contribution in [2.45, 2.75) is 25.9 Å². The Hall–Kier alpha value is -1.85. The molecule has 0 bridgehead atoms. The third-order valence-electron chi connectivity index (χ3n) is 3.56. The summed E-state index contributed by atoms with van der Waals surface area (Å²) in [5, 5.41) is 4.89. The lowest BCUT2D eigenvalue weighted by molar-refractivity contribution is 0.627. The van der Waals surface area contributed by atoms with Gasteiger partial charge in [-0.3, -0.25) is 4.68 Å². The molecule has 0 radical (unpaired) electrons. The smallest absolute Gasteiger partial charge is 0.131 e. The van der Waals surface area contributed by atoms with Gasteiger partial charge in [-0.25, -0.2) is 4.98 Å². The van der Waals surface area contributed by atoms with Crippen LogP contribution in [0.2, 0.25) is 5.02 Å². The molecule has 0 aliphatic heterocycles. The van der Waals surface area contributed by atoms with Crippen molar-refractivity contribution in [1.82, 2.24) is 19.3 Å². The molecule has 2 heterocycles. The average Bonchev–Trinajstić information content (AvgIpc) is 3.04. The fourth-order valence-electron chi connectivity index (χ4n) is 2.60. The Morgan fingerprint density at radius 3 is 2.86 bits per heavy atom. The van der Waals surface area contributed by atoms with Crippen molar-refractivity contribution in [2.75, 3.05) is 0 Å².